The molecular formula is C65H68B2Br2F3N7O7S3. The van der Waals surface area contributed by atoms with Crippen molar-refractivity contribution in [1.29, 1.82) is 0 Å². The molecule has 3 amide bonds. The van der Waals surface area contributed by atoms with Crippen LogP contribution in [0.2, 0.25) is 0 Å². The van der Waals surface area contributed by atoms with Gasteiger partial charge in [-0.3, -0.25) is 23.7 Å². The minimum atomic E-state index is -0.609. The molecule has 0 aliphatic carbocycles. The highest BCUT2D eigenvalue weighted by Gasteiger charge is 2.53. The third-order valence-corrected chi connectivity index (χ3v) is 20.1. The van der Waals surface area contributed by atoms with E-state index in [0.717, 1.165) is 52.8 Å². The molecule has 5 aliphatic heterocycles. The van der Waals surface area contributed by atoms with Gasteiger partial charge in [0.1, 0.15) is 17.5 Å². The number of fused-ring (bicyclic) bond motifs is 3. The summed E-state index contributed by atoms with van der Waals surface area (Å²) in [6, 6.07) is 38.5. The standard InChI is InChI=1S/C21H23BFNO3S.C19H16FN3OS.C13H17BBrFO2.C8H7NOS.C4H5BrN2/c1-20(2)21(3,4)27-22(26-20)15-10-9-14(16(23)11-15)12-24-17-7-5-6-8-18(17)28-13-19(24)25;1-22-10-15(9-21-22)13-6-7-14(16(20)8-13)11-23-17-4-2-3-5-18(17)25-12-19(23)24;1-12(2)13(3,4)18-14(17-12)10-6-5-9(8-15)11(16)7-10;10-8-5-11-7-4-2-1-3-6(7)9-8;1-7-3-4(5)2-6-7/h5-11H,12-13H2,1-4H3;2-10H,11-12H2,1H3;5-7H,8H2,1-4H3;1-4H,5H2,(H,9,10);2-3H,1H3. The zero-order valence-corrected chi connectivity index (χ0v) is 56.6. The number of aryl methyl sites for hydroxylation is 2. The molecule has 89 heavy (non-hydrogen) atoms. The average molecular weight is 1390 g/mol. The Kier molecular flexibility index (Phi) is 21.6. The molecule has 24 heteroatoms. The number of rotatable bonds is 8. The van der Waals surface area contributed by atoms with Gasteiger partial charge in [-0.1, -0.05) is 88.7 Å². The first-order valence-corrected chi connectivity index (χ1v) is 33.4. The summed E-state index contributed by atoms with van der Waals surface area (Å²) in [5.74, 6) is 0.444. The van der Waals surface area contributed by atoms with E-state index in [1.165, 1.54) is 41.7 Å². The lowest BCUT2D eigenvalue weighted by atomic mass is 9.78. The molecule has 13 rings (SSSR count). The molecule has 6 aromatic carbocycles. The summed E-state index contributed by atoms with van der Waals surface area (Å²) in [5.41, 5.74) is 5.46. The molecule has 14 nitrogen and oxygen atoms in total. The molecule has 2 aromatic heterocycles. The van der Waals surface area contributed by atoms with Crippen LogP contribution in [0.3, 0.4) is 0 Å². The van der Waals surface area contributed by atoms with E-state index in [0.29, 0.717) is 44.7 Å². The number of para-hydroxylation sites is 3. The van der Waals surface area contributed by atoms with Crippen LogP contribution in [0.4, 0.5) is 30.2 Å². The predicted molar refractivity (Wildman–Crippen MR) is 359 cm³/mol. The molecule has 0 saturated carbocycles. The maximum Gasteiger partial charge on any atom is 0.494 e. The second kappa shape index (κ2) is 28.6. The Labute approximate surface area is 548 Å². The molecule has 0 unspecified atom stereocenters. The van der Waals surface area contributed by atoms with Crippen LogP contribution in [0.1, 0.15) is 72.1 Å². The van der Waals surface area contributed by atoms with Crippen molar-refractivity contribution in [3.05, 3.63) is 191 Å². The van der Waals surface area contributed by atoms with Gasteiger partial charge in [0.2, 0.25) is 17.7 Å². The largest absolute Gasteiger partial charge is 0.494 e. The van der Waals surface area contributed by atoms with Gasteiger partial charge in [0.05, 0.1) is 86.7 Å². The number of anilines is 3. The Morgan fingerprint density at radius 1 is 0.528 bits per heavy atom. The molecule has 8 aromatic rings. The van der Waals surface area contributed by atoms with Gasteiger partial charge >= 0.3 is 14.2 Å². The minimum Gasteiger partial charge on any atom is -0.399 e. The van der Waals surface area contributed by atoms with Crippen molar-refractivity contribution in [1.82, 2.24) is 19.6 Å². The highest BCUT2D eigenvalue weighted by molar-refractivity contribution is 9.10. The number of nitrogens with one attached hydrogen (secondary N) is 1. The van der Waals surface area contributed by atoms with E-state index < -0.39 is 36.6 Å². The summed E-state index contributed by atoms with van der Waals surface area (Å²) < 4.78 is 71.5. The topological polar surface area (TPSA) is 142 Å². The van der Waals surface area contributed by atoms with E-state index >= 15 is 0 Å². The van der Waals surface area contributed by atoms with E-state index in [2.05, 4.69) is 47.4 Å². The van der Waals surface area contributed by atoms with E-state index in [-0.39, 0.29) is 48.3 Å². The molecule has 0 radical (unpaired) electrons. The van der Waals surface area contributed by atoms with Crippen molar-refractivity contribution in [2.75, 3.05) is 32.4 Å². The smallest absolute Gasteiger partial charge is 0.399 e. The highest BCUT2D eigenvalue weighted by atomic mass is 79.9. The Bertz CT molecular complexity index is 3830. The minimum absolute atomic E-state index is 0.000522. The quantitative estimate of drug-likeness (QED) is 0.114. The molecule has 7 heterocycles. The number of nitrogens with zero attached hydrogens (tertiary/aromatic N) is 6. The fourth-order valence-electron chi connectivity index (χ4n) is 9.45. The van der Waals surface area contributed by atoms with Gasteiger partial charge in [-0.15, -0.1) is 35.3 Å². The molecule has 5 aliphatic rings. The lowest BCUT2D eigenvalue weighted by Crippen LogP contribution is -2.41. The Morgan fingerprint density at radius 3 is 1.38 bits per heavy atom. The first kappa shape index (κ1) is 67.3. The second-order valence-electron chi connectivity index (χ2n) is 23.4. The van der Waals surface area contributed by atoms with Gasteiger partial charge in [-0.05, 0) is 148 Å². The number of thioether (sulfide) groups is 3. The molecule has 464 valence electrons. The molecule has 1 N–H and O–H groups in total. The number of halogens is 5. The summed E-state index contributed by atoms with van der Waals surface area (Å²) in [6.45, 7) is 16.2. The first-order valence-electron chi connectivity index (χ1n) is 28.5. The number of amides is 3. The molecule has 2 saturated heterocycles. The Hall–Kier alpha value is -6.08. The molecule has 0 bridgehead atoms. The fourth-order valence-corrected chi connectivity index (χ4v) is 13.0. The van der Waals surface area contributed by atoms with E-state index in [9.17, 15) is 27.6 Å². The predicted octanol–water partition coefficient (Wildman–Crippen LogP) is 13.6. The number of benzene rings is 6. The second-order valence-corrected chi connectivity index (χ2v) is 27.9. The van der Waals surface area contributed by atoms with Crippen LogP contribution < -0.4 is 26.0 Å². The van der Waals surface area contributed by atoms with Crippen molar-refractivity contribution in [2.45, 2.75) is 111 Å². The van der Waals surface area contributed by atoms with Gasteiger partial charge in [0.15, 0.2) is 0 Å². The summed E-state index contributed by atoms with van der Waals surface area (Å²) >= 11 is 11.1. The van der Waals surface area contributed by atoms with Gasteiger partial charge in [-0.2, -0.15) is 10.2 Å². The summed E-state index contributed by atoms with van der Waals surface area (Å²) in [5, 5.41) is 11.3. The number of hydrogen-bond donors (Lipinski definition) is 1. The molecular weight excluding hydrogens is 1330 g/mol. The van der Waals surface area contributed by atoms with Crippen molar-refractivity contribution >= 4 is 127 Å². The van der Waals surface area contributed by atoms with Crippen LogP contribution in [0.5, 0.6) is 0 Å². The van der Waals surface area contributed by atoms with E-state index in [1.807, 2.05) is 173 Å². The van der Waals surface area contributed by atoms with E-state index in [1.54, 1.807) is 61.5 Å². The SMILES string of the molecule is CC1(C)OB(c2ccc(CBr)c(F)c2)OC1(C)C.CC1(C)OB(c2ccc(CN3C(=O)CSc4ccccc43)c(F)c2)OC1(C)C.Cn1cc(-c2ccc(CN3C(=O)CSc4ccccc43)c(F)c2)cn1.Cn1cc(Br)cn1.O=C1CSc2ccccc2N1. The number of carbonyl (C=O) groups is 3. The van der Waals surface area contributed by atoms with Gasteiger partial charge in [0, 0.05) is 63.2 Å². The van der Waals surface area contributed by atoms with E-state index in [4.69, 9.17) is 18.6 Å². The fraction of sp³-hybridized carbons (Fsp3) is 0.308. The number of carbonyl (C=O) groups excluding carboxylic acids is 3. The van der Waals surface area contributed by atoms with Crippen molar-refractivity contribution < 1.29 is 46.2 Å². The van der Waals surface area contributed by atoms with Crippen LogP contribution in [0.15, 0.2) is 171 Å². The summed E-state index contributed by atoms with van der Waals surface area (Å²) in [4.78, 5) is 42.2. The third kappa shape index (κ3) is 16.3. The number of hydrogen-bond acceptors (Lipinski definition) is 12. The monoisotopic (exact) mass is 1390 g/mol. The highest BCUT2D eigenvalue weighted by Crippen LogP contribution is 2.40. The Morgan fingerprint density at radius 2 is 0.955 bits per heavy atom. The van der Waals surface area contributed by atoms with Gasteiger partial charge in [-0.25, -0.2) is 13.2 Å². The van der Waals surface area contributed by atoms with Gasteiger partial charge in [0.25, 0.3) is 0 Å². The van der Waals surface area contributed by atoms with Crippen LogP contribution in [-0.4, -0.2) is 91.2 Å². The summed E-state index contributed by atoms with van der Waals surface area (Å²) in [6.07, 6.45) is 7.19. The van der Waals surface area contributed by atoms with Crippen LogP contribution >= 0.6 is 67.1 Å². The number of alkyl halides is 1. The van der Waals surface area contributed by atoms with Gasteiger partial charge < -0.3 is 33.7 Å². The molecule has 0 spiro atoms. The van der Waals surface area contributed by atoms with Crippen LogP contribution in [-0.2, 0) is 65.5 Å². The first-order chi connectivity index (χ1) is 42.2. The number of aromatic nitrogens is 4. The normalized spacial score (nSPS) is 17.3. The Balaban J connectivity index is 0.000000141. The van der Waals surface area contributed by atoms with Crippen molar-refractivity contribution in [3.63, 3.8) is 0 Å². The lowest BCUT2D eigenvalue weighted by Gasteiger charge is -2.32. The maximum absolute atomic E-state index is 14.9. The zero-order valence-electron chi connectivity index (χ0n) is 51.0. The zero-order chi connectivity index (χ0) is 64.0. The molecule has 0 atom stereocenters. The lowest BCUT2D eigenvalue weighted by molar-refractivity contribution is -0.117. The summed E-state index contributed by atoms with van der Waals surface area (Å²) in [7, 11) is 2.59. The van der Waals surface area contributed by atoms with Crippen molar-refractivity contribution in [3.8, 4) is 11.1 Å². The van der Waals surface area contributed by atoms with Crippen LogP contribution in [0, 0.1) is 17.5 Å². The average Bonchev–Trinajstić information content (AvgIpc) is 1.83. The molecule has 2 fully saturated rings. The van der Waals surface area contributed by atoms with Crippen LogP contribution in [0.25, 0.3) is 11.1 Å². The maximum atomic E-state index is 14.9. The third-order valence-electron chi connectivity index (χ3n) is 15.9. The van der Waals surface area contributed by atoms with Crippen molar-refractivity contribution in [2.24, 2.45) is 14.1 Å².